The van der Waals surface area contributed by atoms with Crippen LogP contribution in [0.2, 0.25) is 10.0 Å². The molecule has 21 heavy (non-hydrogen) atoms. The number of halogens is 2. The van der Waals surface area contributed by atoms with Crippen LogP contribution >= 0.6 is 23.2 Å². The van der Waals surface area contributed by atoms with Gasteiger partial charge in [-0.2, -0.15) is 0 Å². The van der Waals surface area contributed by atoms with Gasteiger partial charge in [-0.1, -0.05) is 35.3 Å². The van der Waals surface area contributed by atoms with Crippen LogP contribution in [0.25, 0.3) is 0 Å². The van der Waals surface area contributed by atoms with Crippen LogP contribution in [0, 0.1) is 0 Å². The van der Waals surface area contributed by atoms with Crippen molar-refractivity contribution in [3.63, 3.8) is 0 Å². The third kappa shape index (κ3) is 4.13. The van der Waals surface area contributed by atoms with Crippen molar-refractivity contribution in [3.8, 4) is 5.75 Å². The van der Waals surface area contributed by atoms with Gasteiger partial charge in [0.1, 0.15) is 5.75 Å². The Morgan fingerprint density at radius 1 is 1.00 bits per heavy atom. The molecule has 0 heterocycles. The molecular formula is C17H19Cl2NO. The summed E-state index contributed by atoms with van der Waals surface area (Å²) in [5, 5.41) is 4.94. The van der Waals surface area contributed by atoms with Gasteiger partial charge in [0, 0.05) is 22.1 Å². The average molecular weight is 324 g/mol. The van der Waals surface area contributed by atoms with Gasteiger partial charge in [-0.25, -0.2) is 0 Å². The smallest absolute Gasteiger partial charge is 0.119 e. The van der Waals surface area contributed by atoms with Crippen LogP contribution in [0.1, 0.15) is 37.1 Å². The number of rotatable bonds is 5. The van der Waals surface area contributed by atoms with E-state index in [1.54, 1.807) is 13.2 Å². The Bertz CT molecular complexity index is 615. The quantitative estimate of drug-likeness (QED) is 0.793. The Morgan fingerprint density at radius 3 is 2.48 bits per heavy atom. The fourth-order valence-corrected chi connectivity index (χ4v) is 2.78. The van der Waals surface area contributed by atoms with Crippen molar-refractivity contribution in [2.45, 2.75) is 25.9 Å². The molecule has 2 aromatic rings. The zero-order valence-corrected chi connectivity index (χ0v) is 13.9. The molecule has 2 unspecified atom stereocenters. The van der Waals surface area contributed by atoms with Crippen LogP contribution in [0.5, 0.6) is 5.75 Å². The summed E-state index contributed by atoms with van der Waals surface area (Å²) < 4.78 is 5.26. The van der Waals surface area contributed by atoms with Crippen LogP contribution in [-0.4, -0.2) is 7.11 Å². The third-order valence-electron chi connectivity index (χ3n) is 3.52. The maximum absolute atomic E-state index is 6.25. The molecule has 0 saturated carbocycles. The normalized spacial score (nSPS) is 13.8. The second-order valence-electron chi connectivity index (χ2n) is 5.05. The zero-order valence-electron chi connectivity index (χ0n) is 12.4. The lowest BCUT2D eigenvalue weighted by molar-refractivity contribution is 0.412. The molecule has 0 aromatic heterocycles. The summed E-state index contributed by atoms with van der Waals surface area (Å²) in [6, 6.07) is 13.8. The fraction of sp³-hybridized carbons (Fsp3) is 0.294. The van der Waals surface area contributed by atoms with E-state index in [1.165, 1.54) is 5.56 Å². The Hall–Kier alpha value is -1.22. The van der Waals surface area contributed by atoms with E-state index in [2.05, 4.69) is 25.2 Å². The van der Waals surface area contributed by atoms with Crippen molar-refractivity contribution in [2.75, 3.05) is 7.11 Å². The minimum Gasteiger partial charge on any atom is -0.497 e. The molecule has 2 aromatic carbocycles. The predicted octanol–water partition coefficient (Wildman–Crippen LogP) is 5.41. The number of hydrogen-bond donors (Lipinski definition) is 1. The standard InChI is InChI=1S/C17H19Cl2NO/c1-11(13-5-4-6-15(9-13)21-3)20-12(2)16-10-14(18)7-8-17(16)19/h4-12,20H,1-3H3. The minimum absolute atomic E-state index is 0.0948. The van der Waals surface area contributed by atoms with Crippen molar-refractivity contribution in [2.24, 2.45) is 0 Å². The van der Waals surface area contributed by atoms with E-state index in [-0.39, 0.29) is 12.1 Å². The second-order valence-corrected chi connectivity index (χ2v) is 5.90. The molecular weight excluding hydrogens is 305 g/mol. The first kappa shape index (κ1) is 16.2. The van der Waals surface area contributed by atoms with Gasteiger partial charge in [-0.15, -0.1) is 0 Å². The number of methoxy groups -OCH3 is 1. The molecule has 0 aliphatic rings. The Morgan fingerprint density at radius 2 is 1.76 bits per heavy atom. The molecule has 0 aliphatic carbocycles. The SMILES string of the molecule is COc1cccc(C(C)NC(C)c2cc(Cl)ccc2Cl)c1. The van der Waals surface area contributed by atoms with Crippen molar-refractivity contribution in [1.82, 2.24) is 5.32 Å². The highest BCUT2D eigenvalue weighted by Gasteiger charge is 2.14. The lowest BCUT2D eigenvalue weighted by atomic mass is 10.0. The molecule has 0 aliphatic heterocycles. The van der Waals surface area contributed by atoms with Crippen molar-refractivity contribution in [3.05, 3.63) is 63.6 Å². The van der Waals surface area contributed by atoms with E-state index in [0.717, 1.165) is 16.3 Å². The molecule has 1 N–H and O–H groups in total. The summed E-state index contributed by atoms with van der Waals surface area (Å²) in [5.41, 5.74) is 2.17. The maximum atomic E-state index is 6.25. The molecule has 4 heteroatoms. The van der Waals surface area contributed by atoms with Crippen LogP contribution < -0.4 is 10.1 Å². The van der Waals surface area contributed by atoms with Gasteiger partial charge in [0.05, 0.1) is 7.11 Å². The second kappa shape index (κ2) is 7.17. The topological polar surface area (TPSA) is 21.3 Å². The molecule has 2 nitrogen and oxygen atoms in total. The Labute approximate surface area is 136 Å². The zero-order chi connectivity index (χ0) is 15.4. The van der Waals surface area contributed by atoms with Crippen LogP contribution in [0.15, 0.2) is 42.5 Å². The Balaban J connectivity index is 2.14. The summed E-state index contributed by atoms with van der Waals surface area (Å²) in [6.45, 7) is 4.19. The van der Waals surface area contributed by atoms with Crippen molar-refractivity contribution < 1.29 is 4.74 Å². The Kier molecular flexibility index (Phi) is 5.51. The lowest BCUT2D eigenvalue weighted by Crippen LogP contribution is -2.22. The van der Waals surface area contributed by atoms with Crippen molar-refractivity contribution >= 4 is 23.2 Å². The van der Waals surface area contributed by atoms with E-state index >= 15 is 0 Å². The number of hydrogen-bond acceptors (Lipinski definition) is 2. The van der Waals surface area contributed by atoms with Crippen LogP contribution in [0.4, 0.5) is 0 Å². The summed E-state index contributed by atoms with van der Waals surface area (Å²) in [7, 11) is 1.67. The van der Waals surface area contributed by atoms with Gasteiger partial charge in [-0.05, 0) is 55.3 Å². The average Bonchev–Trinajstić information content (AvgIpc) is 2.49. The molecule has 2 atom stereocenters. The fourth-order valence-electron chi connectivity index (χ4n) is 2.32. The van der Waals surface area contributed by atoms with Crippen molar-refractivity contribution in [1.29, 1.82) is 0 Å². The highest BCUT2D eigenvalue weighted by Crippen LogP contribution is 2.28. The molecule has 0 fully saturated rings. The molecule has 0 amide bonds. The van der Waals surface area contributed by atoms with E-state index in [4.69, 9.17) is 27.9 Å². The van der Waals surface area contributed by atoms with E-state index in [9.17, 15) is 0 Å². The highest BCUT2D eigenvalue weighted by molar-refractivity contribution is 6.33. The summed E-state index contributed by atoms with van der Waals surface area (Å²) in [4.78, 5) is 0. The largest absolute Gasteiger partial charge is 0.497 e. The van der Waals surface area contributed by atoms with Gasteiger partial charge in [0.2, 0.25) is 0 Å². The van der Waals surface area contributed by atoms with Gasteiger partial charge in [-0.3, -0.25) is 0 Å². The van der Waals surface area contributed by atoms with Gasteiger partial charge < -0.3 is 10.1 Å². The summed E-state index contributed by atoms with van der Waals surface area (Å²) in [6.07, 6.45) is 0. The maximum Gasteiger partial charge on any atom is 0.119 e. The van der Waals surface area contributed by atoms with Crippen LogP contribution in [0.3, 0.4) is 0 Å². The van der Waals surface area contributed by atoms with Gasteiger partial charge in [0.15, 0.2) is 0 Å². The lowest BCUT2D eigenvalue weighted by Gasteiger charge is -2.22. The monoisotopic (exact) mass is 323 g/mol. The third-order valence-corrected chi connectivity index (χ3v) is 4.10. The van der Waals surface area contributed by atoms with E-state index in [0.29, 0.717) is 5.02 Å². The molecule has 0 saturated heterocycles. The van der Waals surface area contributed by atoms with E-state index < -0.39 is 0 Å². The first-order valence-corrected chi connectivity index (χ1v) is 7.62. The molecule has 0 bridgehead atoms. The predicted molar refractivity (Wildman–Crippen MR) is 89.4 cm³/mol. The summed E-state index contributed by atoms with van der Waals surface area (Å²) in [5.74, 6) is 0.856. The molecule has 0 radical (unpaired) electrons. The number of nitrogens with one attached hydrogen (secondary N) is 1. The van der Waals surface area contributed by atoms with Crippen LogP contribution in [-0.2, 0) is 0 Å². The number of ether oxygens (including phenoxy) is 1. The molecule has 0 spiro atoms. The first-order valence-electron chi connectivity index (χ1n) is 6.86. The highest BCUT2D eigenvalue weighted by atomic mass is 35.5. The van der Waals surface area contributed by atoms with Gasteiger partial charge in [0.25, 0.3) is 0 Å². The minimum atomic E-state index is 0.0948. The molecule has 2 rings (SSSR count). The van der Waals surface area contributed by atoms with Gasteiger partial charge >= 0.3 is 0 Å². The number of benzene rings is 2. The summed E-state index contributed by atoms with van der Waals surface area (Å²) >= 11 is 12.3. The van der Waals surface area contributed by atoms with E-state index in [1.807, 2.05) is 30.3 Å². The molecule has 112 valence electrons. The first-order chi connectivity index (χ1) is 10.0.